The molecule has 1 aromatic rings. The molecule has 3 N–H and O–H groups in total. The zero-order valence-electron chi connectivity index (χ0n) is 12.7. The second-order valence-corrected chi connectivity index (χ2v) is 5.58. The Balaban J connectivity index is 2.04. The Kier molecular flexibility index (Phi) is 5.16. The number of hydrogen-bond acceptors (Lipinski definition) is 4. The largest absolute Gasteiger partial charge is 0.573 e. The highest BCUT2D eigenvalue weighted by Crippen LogP contribution is 2.26. The highest BCUT2D eigenvalue weighted by molar-refractivity contribution is 5.86. The molecule has 1 aliphatic rings. The Labute approximate surface area is 131 Å². The highest BCUT2D eigenvalue weighted by Gasteiger charge is 2.36. The molecule has 1 amide bonds. The minimum absolute atomic E-state index is 0.329. The number of ether oxygens (including phenoxy) is 2. The normalized spacial score (nSPS) is 19.0. The molecule has 5 nitrogen and oxygen atoms in total. The standard InChI is InChI=1S/C15H19F3N2O3/c1-10(20-13(21)14(19)5-7-22-8-6-14)11-3-2-4-12(9-11)23-15(16,17)18/h2-4,9-10H,5-8,19H2,1H3,(H,20,21). The lowest BCUT2D eigenvalue weighted by atomic mass is 9.90. The van der Waals surface area contributed by atoms with E-state index in [1.165, 1.54) is 18.2 Å². The molecule has 0 bridgehead atoms. The molecule has 1 saturated heterocycles. The summed E-state index contributed by atoms with van der Waals surface area (Å²) in [6, 6.07) is 5.00. The fourth-order valence-electron chi connectivity index (χ4n) is 2.37. The van der Waals surface area contributed by atoms with Crippen molar-refractivity contribution >= 4 is 5.91 Å². The first kappa shape index (κ1) is 17.6. The molecular formula is C15H19F3N2O3. The molecule has 1 unspecified atom stereocenters. The van der Waals surface area contributed by atoms with E-state index in [-0.39, 0.29) is 11.7 Å². The van der Waals surface area contributed by atoms with Crippen LogP contribution in [-0.4, -0.2) is 31.0 Å². The van der Waals surface area contributed by atoms with E-state index in [4.69, 9.17) is 10.5 Å². The van der Waals surface area contributed by atoms with Crippen LogP contribution in [0.3, 0.4) is 0 Å². The molecule has 1 heterocycles. The topological polar surface area (TPSA) is 73.6 Å². The number of carbonyl (C=O) groups is 1. The number of carbonyl (C=O) groups excluding carboxylic acids is 1. The van der Waals surface area contributed by atoms with Crippen molar-refractivity contribution in [2.45, 2.75) is 37.7 Å². The predicted molar refractivity (Wildman–Crippen MR) is 76.7 cm³/mol. The van der Waals surface area contributed by atoms with Crippen LogP contribution in [0.5, 0.6) is 5.75 Å². The lowest BCUT2D eigenvalue weighted by molar-refractivity contribution is -0.274. The summed E-state index contributed by atoms with van der Waals surface area (Å²) in [4.78, 5) is 12.3. The van der Waals surface area contributed by atoms with Gasteiger partial charge in [-0.1, -0.05) is 12.1 Å². The van der Waals surface area contributed by atoms with Crippen molar-refractivity contribution in [3.63, 3.8) is 0 Å². The van der Waals surface area contributed by atoms with Crippen LogP contribution in [-0.2, 0) is 9.53 Å². The second kappa shape index (κ2) is 6.76. The van der Waals surface area contributed by atoms with E-state index in [1.807, 2.05) is 0 Å². The monoisotopic (exact) mass is 332 g/mol. The van der Waals surface area contributed by atoms with Crippen LogP contribution in [0.2, 0.25) is 0 Å². The Morgan fingerprint density at radius 2 is 2.04 bits per heavy atom. The number of amides is 1. The van der Waals surface area contributed by atoms with Crippen LogP contribution in [0, 0.1) is 0 Å². The lowest BCUT2D eigenvalue weighted by Crippen LogP contribution is -2.57. The molecule has 2 rings (SSSR count). The number of halogens is 3. The van der Waals surface area contributed by atoms with Crippen LogP contribution in [0.4, 0.5) is 13.2 Å². The van der Waals surface area contributed by atoms with Gasteiger partial charge in [0.25, 0.3) is 0 Å². The van der Waals surface area contributed by atoms with Crippen molar-refractivity contribution in [1.82, 2.24) is 5.32 Å². The molecule has 128 valence electrons. The number of benzene rings is 1. The molecule has 1 fully saturated rings. The SMILES string of the molecule is CC(NC(=O)C1(N)CCOCC1)c1cccc(OC(F)(F)F)c1. The van der Waals surface area contributed by atoms with Gasteiger partial charge in [0, 0.05) is 13.2 Å². The lowest BCUT2D eigenvalue weighted by Gasteiger charge is -2.33. The molecule has 1 aliphatic heterocycles. The van der Waals surface area contributed by atoms with E-state index in [2.05, 4.69) is 10.1 Å². The highest BCUT2D eigenvalue weighted by atomic mass is 19.4. The van der Waals surface area contributed by atoms with E-state index in [1.54, 1.807) is 13.0 Å². The molecule has 1 aromatic carbocycles. The summed E-state index contributed by atoms with van der Waals surface area (Å²) in [5.41, 5.74) is 5.57. The van der Waals surface area contributed by atoms with Gasteiger partial charge in [0.15, 0.2) is 0 Å². The fourth-order valence-corrected chi connectivity index (χ4v) is 2.37. The van der Waals surface area contributed by atoms with Gasteiger partial charge in [0.05, 0.1) is 11.6 Å². The minimum Gasteiger partial charge on any atom is -0.406 e. The van der Waals surface area contributed by atoms with Crippen molar-refractivity contribution in [1.29, 1.82) is 0 Å². The molecule has 1 atom stereocenters. The van der Waals surface area contributed by atoms with Crippen LogP contribution < -0.4 is 15.8 Å². The number of hydrogen-bond donors (Lipinski definition) is 2. The molecule has 0 aromatic heterocycles. The summed E-state index contributed by atoms with van der Waals surface area (Å²) < 4.78 is 45.8. The molecule has 23 heavy (non-hydrogen) atoms. The van der Waals surface area contributed by atoms with E-state index in [0.29, 0.717) is 31.6 Å². The Morgan fingerprint density at radius 1 is 1.39 bits per heavy atom. The van der Waals surface area contributed by atoms with Gasteiger partial charge >= 0.3 is 6.36 Å². The van der Waals surface area contributed by atoms with E-state index in [9.17, 15) is 18.0 Å². The van der Waals surface area contributed by atoms with Crippen molar-refractivity contribution in [2.75, 3.05) is 13.2 Å². The first-order chi connectivity index (χ1) is 10.7. The van der Waals surface area contributed by atoms with Gasteiger partial charge in [-0.15, -0.1) is 13.2 Å². The van der Waals surface area contributed by atoms with Crippen molar-refractivity contribution in [3.8, 4) is 5.75 Å². The summed E-state index contributed by atoms with van der Waals surface area (Å²) in [7, 11) is 0. The van der Waals surface area contributed by atoms with E-state index in [0.717, 1.165) is 0 Å². The summed E-state index contributed by atoms with van der Waals surface area (Å²) in [6.07, 6.45) is -3.94. The second-order valence-electron chi connectivity index (χ2n) is 5.58. The average molecular weight is 332 g/mol. The van der Waals surface area contributed by atoms with E-state index >= 15 is 0 Å². The maximum Gasteiger partial charge on any atom is 0.573 e. The zero-order chi connectivity index (χ0) is 17.1. The van der Waals surface area contributed by atoms with Gasteiger partial charge in [-0.05, 0) is 37.5 Å². The number of nitrogens with one attached hydrogen (secondary N) is 1. The molecule has 0 radical (unpaired) electrons. The molecule has 0 aliphatic carbocycles. The van der Waals surface area contributed by atoms with Crippen molar-refractivity contribution in [2.24, 2.45) is 5.73 Å². The maximum atomic E-state index is 12.3. The van der Waals surface area contributed by atoms with Gasteiger partial charge in [0.1, 0.15) is 5.75 Å². The molecular weight excluding hydrogens is 313 g/mol. The number of nitrogens with two attached hydrogens (primary N) is 1. The minimum atomic E-state index is -4.76. The van der Waals surface area contributed by atoms with Crippen molar-refractivity contribution < 1.29 is 27.4 Å². The average Bonchev–Trinajstić information content (AvgIpc) is 2.46. The summed E-state index contributed by atoms with van der Waals surface area (Å²) >= 11 is 0. The first-order valence-electron chi connectivity index (χ1n) is 7.23. The predicted octanol–water partition coefficient (Wildman–Crippen LogP) is 2.27. The van der Waals surface area contributed by atoms with Crippen molar-refractivity contribution in [3.05, 3.63) is 29.8 Å². The quantitative estimate of drug-likeness (QED) is 0.887. The number of rotatable bonds is 4. The molecule has 8 heteroatoms. The Bertz CT molecular complexity index is 557. The smallest absolute Gasteiger partial charge is 0.406 e. The van der Waals surface area contributed by atoms with Gasteiger partial charge in [0.2, 0.25) is 5.91 Å². The third kappa shape index (κ3) is 4.84. The van der Waals surface area contributed by atoms with Gasteiger partial charge in [-0.3, -0.25) is 4.79 Å². The molecule has 0 spiro atoms. The van der Waals surface area contributed by atoms with Gasteiger partial charge in [-0.2, -0.15) is 0 Å². The van der Waals surface area contributed by atoms with Gasteiger partial charge < -0.3 is 20.5 Å². The first-order valence-corrected chi connectivity index (χ1v) is 7.23. The van der Waals surface area contributed by atoms with E-state index < -0.39 is 17.9 Å². The van der Waals surface area contributed by atoms with Crippen LogP contribution in [0.25, 0.3) is 0 Å². The van der Waals surface area contributed by atoms with Crippen LogP contribution in [0.15, 0.2) is 24.3 Å². The molecule has 0 saturated carbocycles. The van der Waals surface area contributed by atoms with Gasteiger partial charge in [-0.25, -0.2) is 0 Å². The zero-order valence-corrected chi connectivity index (χ0v) is 12.7. The maximum absolute atomic E-state index is 12.3. The third-order valence-corrected chi connectivity index (χ3v) is 3.78. The Hall–Kier alpha value is -1.80. The summed E-state index contributed by atoms with van der Waals surface area (Å²) in [6.45, 7) is 2.49. The summed E-state index contributed by atoms with van der Waals surface area (Å²) in [5, 5.41) is 2.74. The van der Waals surface area contributed by atoms with Crippen LogP contribution in [0.1, 0.15) is 31.4 Å². The Morgan fingerprint density at radius 3 is 2.65 bits per heavy atom. The fraction of sp³-hybridized carbons (Fsp3) is 0.533. The third-order valence-electron chi connectivity index (χ3n) is 3.78. The van der Waals surface area contributed by atoms with Crippen LogP contribution >= 0.6 is 0 Å². The number of alkyl halides is 3. The summed E-state index contributed by atoms with van der Waals surface area (Å²) in [5.74, 6) is -0.667.